The first-order valence-electron chi connectivity index (χ1n) is 11.5. The van der Waals surface area contributed by atoms with Gasteiger partial charge in [-0.15, -0.1) is 0 Å². The zero-order chi connectivity index (χ0) is 25.7. The Morgan fingerprint density at radius 2 is 1.53 bits per heavy atom. The number of nitrogens with two attached hydrogens (primary N) is 1. The number of hydrogen-bond acceptors (Lipinski definition) is 6. The fourth-order valence-corrected chi connectivity index (χ4v) is 5.36. The lowest BCUT2D eigenvalue weighted by Crippen LogP contribution is -2.42. The average molecular weight is 510 g/mol. The third kappa shape index (κ3) is 5.67. The van der Waals surface area contributed by atoms with E-state index >= 15 is 0 Å². The van der Waals surface area contributed by atoms with Gasteiger partial charge in [0.1, 0.15) is 12.6 Å². The van der Waals surface area contributed by atoms with Crippen LogP contribution < -0.4 is 15.8 Å². The number of alkyl carbamates (subject to hydrolysis) is 1. The second-order valence-electron chi connectivity index (χ2n) is 8.47. The van der Waals surface area contributed by atoms with E-state index in [-0.39, 0.29) is 36.8 Å². The van der Waals surface area contributed by atoms with Crippen LogP contribution in [0.5, 0.6) is 0 Å². The van der Waals surface area contributed by atoms with Gasteiger partial charge in [-0.25, -0.2) is 22.7 Å². The van der Waals surface area contributed by atoms with Crippen molar-refractivity contribution in [1.29, 1.82) is 0 Å². The van der Waals surface area contributed by atoms with Crippen LogP contribution in [-0.2, 0) is 19.6 Å². The first kappa shape index (κ1) is 25.2. The molecule has 0 aromatic heterocycles. The van der Waals surface area contributed by atoms with E-state index in [0.717, 1.165) is 22.3 Å². The summed E-state index contributed by atoms with van der Waals surface area (Å²) in [4.78, 5) is 24.1. The van der Waals surface area contributed by atoms with Gasteiger partial charge in [0.2, 0.25) is 10.0 Å². The summed E-state index contributed by atoms with van der Waals surface area (Å²) in [6.07, 6.45) is -0.634. The number of nitrogen functional groups attached to an aromatic ring is 1. The van der Waals surface area contributed by atoms with Crippen molar-refractivity contribution in [2.75, 3.05) is 18.9 Å². The van der Waals surface area contributed by atoms with Gasteiger partial charge in [-0.1, -0.05) is 48.5 Å². The molecule has 1 atom stereocenters. The standard InChI is InChI=1S/C26H27N3O6S/c27-17-11-13-18(14-12-17)36(33,34)28-15-5-10-24(25(30)31)29-26(32)35-16-23-21-8-3-1-6-19(21)20-7-2-4-9-22(20)23/h1-4,6-9,11-14,23-24,28H,5,10,15-16,27H2,(H,29,32)(H,30,31)/t24-/m0/s1. The van der Waals surface area contributed by atoms with Crippen molar-refractivity contribution in [1.82, 2.24) is 10.0 Å². The summed E-state index contributed by atoms with van der Waals surface area (Å²) >= 11 is 0. The molecule has 0 spiro atoms. The number of fused-ring (bicyclic) bond motifs is 3. The van der Waals surface area contributed by atoms with Gasteiger partial charge in [0.05, 0.1) is 4.90 Å². The monoisotopic (exact) mass is 509 g/mol. The van der Waals surface area contributed by atoms with Crippen LogP contribution in [0.3, 0.4) is 0 Å². The third-order valence-corrected chi connectivity index (χ3v) is 7.56. The van der Waals surface area contributed by atoms with Crippen LogP contribution in [0.2, 0.25) is 0 Å². The maximum Gasteiger partial charge on any atom is 0.407 e. The predicted molar refractivity (Wildman–Crippen MR) is 135 cm³/mol. The minimum Gasteiger partial charge on any atom is -0.480 e. The van der Waals surface area contributed by atoms with Gasteiger partial charge in [0.25, 0.3) is 0 Å². The molecule has 0 bridgehead atoms. The van der Waals surface area contributed by atoms with Crippen molar-refractivity contribution in [3.05, 3.63) is 83.9 Å². The van der Waals surface area contributed by atoms with E-state index < -0.39 is 28.1 Å². The van der Waals surface area contributed by atoms with Gasteiger partial charge in [-0.2, -0.15) is 0 Å². The normalized spacial score (nSPS) is 13.4. The number of anilines is 1. The van der Waals surface area contributed by atoms with Crippen molar-refractivity contribution in [2.24, 2.45) is 0 Å². The molecule has 4 rings (SSSR count). The van der Waals surface area contributed by atoms with E-state index in [1.54, 1.807) is 0 Å². The Hall–Kier alpha value is -3.89. The zero-order valence-corrected chi connectivity index (χ0v) is 20.2. The highest BCUT2D eigenvalue weighted by atomic mass is 32.2. The van der Waals surface area contributed by atoms with Crippen LogP contribution in [0.1, 0.15) is 29.9 Å². The Balaban J connectivity index is 1.29. The van der Waals surface area contributed by atoms with Gasteiger partial charge in [0.15, 0.2) is 0 Å². The molecule has 0 fully saturated rings. The maximum absolute atomic E-state index is 12.4. The number of carbonyl (C=O) groups is 2. The number of amides is 1. The van der Waals surface area contributed by atoms with Crippen LogP contribution in [0.4, 0.5) is 10.5 Å². The first-order valence-corrected chi connectivity index (χ1v) is 12.9. The van der Waals surface area contributed by atoms with Crippen molar-refractivity contribution >= 4 is 27.8 Å². The lowest BCUT2D eigenvalue weighted by atomic mass is 9.98. The molecular formula is C26H27N3O6S. The summed E-state index contributed by atoms with van der Waals surface area (Å²) in [6.45, 7) is 0.0659. The smallest absolute Gasteiger partial charge is 0.407 e. The number of carboxylic acid groups (broad SMARTS) is 1. The van der Waals surface area contributed by atoms with Crippen molar-refractivity contribution in [3.8, 4) is 11.1 Å². The summed E-state index contributed by atoms with van der Waals surface area (Å²) in [5.74, 6) is -1.38. The molecule has 10 heteroatoms. The lowest BCUT2D eigenvalue weighted by Gasteiger charge is -2.17. The minimum absolute atomic E-state index is 0.00284. The molecule has 5 N–H and O–H groups in total. The Kier molecular flexibility index (Phi) is 7.56. The number of carboxylic acids is 1. The molecule has 9 nitrogen and oxygen atoms in total. The topological polar surface area (TPSA) is 148 Å². The summed E-state index contributed by atoms with van der Waals surface area (Å²) < 4.78 is 32.5. The number of hydrogen-bond donors (Lipinski definition) is 4. The minimum atomic E-state index is -3.75. The molecular weight excluding hydrogens is 482 g/mol. The molecule has 188 valence electrons. The van der Waals surface area contributed by atoms with Crippen LogP contribution in [0.25, 0.3) is 11.1 Å². The molecule has 0 radical (unpaired) electrons. The van der Waals surface area contributed by atoms with Gasteiger partial charge >= 0.3 is 12.1 Å². The molecule has 0 saturated heterocycles. The fourth-order valence-electron chi connectivity index (χ4n) is 4.28. The fraction of sp³-hybridized carbons (Fsp3) is 0.231. The highest BCUT2D eigenvalue weighted by Crippen LogP contribution is 2.44. The molecule has 3 aromatic carbocycles. The van der Waals surface area contributed by atoms with Crippen LogP contribution in [-0.4, -0.2) is 44.8 Å². The summed E-state index contributed by atoms with van der Waals surface area (Å²) in [6, 6.07) is 20.3. The van der Waals surface area contributed by atoms with E-state index in [4.69, 9.17) is 10.5 Å². The molecule has 0 saturated carbocycles. The van der Waals surface area contributed by atoms with Gasteiger partial charge in [0, 0.05) is 18.2 Å². The van der Waals surface area contributed by atoms with E-state index in [9.17, 15) is 23.1 Å². The van der Waals surface area contributed by atoms with Gasteiger partial charge in [-0.05, 0) is 59.4 Å². The summed E-state index contributed by atoms with van der Waals surface area (Å²) in [5, 5.41) is 11.9. The van der Waals surface area contributed by atoms with Gasteiger partial charge < -0.3 is 20.9 Å². The van der Waals surface area contributed by atoms with E-state index in [1.165, 1.54) is 24.3 Å². The van der Waals surface area contributed by atoms with Crippen molar-refractivity contribution in [3.63, 3.8) is 0 Å². The first-order chi connectivity index (χ1) is 17.3. The quantitative estimate of drug-likeness (QED) is 0.242. The zero-order valence-electron chi connectivity index (χ0n) is 19.4. The molecule has 0 heterocycles. The molecule has 36 heavy (non-hydrogen) atoms. The summed E-state index contributed by atoms with van der Waals surface area (Å²) in [7, 11) is -3.75. The van der Waals surface area contributed by atoms with E-state index in [2.05, 4.69) is 10.0 Å². The lowest BCUT2D eigenvalue weighted by molar-refractivity contribution is -0.139. The maximum atomic E-state index is 12.4. The van der Waals surface area contributed by atoms with E-state index in [0.29, 0.717) is 5.69 Å². The highest BCUT2D eigenvalue weighted by Gasteiger charge is 2.29. The number of benzene rings is 3. The Labute approximate surface area is 209 Å². The number of ether oxygens (including phenoxy) is 1. The second kappa shape index (κ2) is 10.8. The van der Waals surface area contributed by atoms with Crippen LogP contribution in [0.15, 0.2) is 77.7 Å². The second-order valence-corrected chi connectivity index (χ2v) is 10.2. The largest absolute Gasteiger partial charge is 0.480 e. The average Bonchev–Trinajstić information content (AvgIpc) is 3.18. The van der Waals surface area contributed by atoms with Crippen LogP contribution >= 0.6 is 0 Å². The Morgan fingerprint density at radius 3 is 2.11 bits per heavy atom. The number of rotatable bonds is 10. The number of carbonyl (C=O) groups excluding carboxylic acids is 1. The number of nitrogens with one attached hydrogen (secondary N) is 2. The molecule has 1 amide bonds. The Bertz CT molecular complexity index is 1310. The predicted octanol–water partition coefficient (Wildman–Crippen LogP) is 3.32. The molecule has 0 unspecified atom stereocenters. The van der Waals surface area contributed by atoms with Crippen molar-refractivity contribution in [2.45, 2.75) is 29.7 Å². The molecule has 1 aliphatic carbocycles. The SMILES string of the molecule is Nc1ccc(S(=O)(=O)NCCC[C@H](NC(=O)OCC2c3ccccc3-c3ccccc32)C(=O)O)cc1. The van der Waals surface area contributed by atoms with E-state index in [1.807, 2.05) is 48.5 Å². The van der Waals surface area contributed by atoms with Crippen LogP contribution in [0, 0.1) is 0 Å². The molecule has 1 aliphatic rings. The molecule has 3 aromatic rings. The van der Waals surface area contributed by atoms with Gasteiger partial charge in [-0.3, -0.25) is 0 Å². The summed E-state index contributed by atoms with van der Waals surface area (Å²) in [5.41, 5.74) is 10.3. The molecule has 0 aliphatic heterocycles. The number of sulfonamides is 1. The van der Waals surface area contributed by atoms with Crippen molar-refractivity contribution < 1.29 is 27.9 Å². The third-order valence-electron chi connectivity index (χ3n) is 6.09. The highest BCUT2D eigenvalue weighted by molar-refractivity contribution is 7.89. The number of aliphatic carboxylic acids is 1. The Morgan fingerprint density at radius 1 is 0.944 bits per heavy atom.